The van der Waals surface area contributed by atoms with Crippen molar-refractivity contribution >= 4 is 5.91 Å². The van der Waals surface area contributed by atoms with Gasteiger partial charge in [-0.3, -0.25) is 9.69 Å². The fourth-order valence-corrected chi connectivity index (χ4v) is 3.54. The minimum absolute atomic E-state index is 0.163. The zero-order valence-corrected chi connectivity index (χ0v) is 16.1. The maximum Gasteiger partial charge on any atom is 0.227 e. The van der Waals surface area contributed by atoms with Gasteiger partial charge in [-0.05, 0) is 22.6 Å². The summed E-state index contributed by atoms with van der Waals surface area (Å²) in [6, 6.07) is 20.4. The molecule has 3 rings (SSSR count). The highest BCUT2D eigenvalue weighted by atomic mass is 16.2. The zero-order valence-electron chi connectivity index (χ0n) is 16.1. The van der Waals surface area contributed by atoms with Crippen molar-refractivity contribution in [3.05, 3.63) is 71.3 Å². The molecule has 0 bridgehead atoms. The highest BCUT2D eigenvalue weighted by Gasteiger charge is 2.27. The van der Waals surface area contributed by atoms with Crippen LogP contribution < -0.4 is 0 Å². The van der Waals surface area contributed by atoms with Crippen LogP contribution in [0.3, 0.4) is 0 Å². The Bertz CT molecular complexity index is 785. The molecule has 140 valence electrons. The van der Waals surface area contributed by atoms with Crippen molar-refractivity contribution in [1.29, 1.82) is 5.26 Å². The van der Waals surface area contributed by atoms with Gasteiger partial charge in [-0.2, -0.15) is 5.26 Å². The predicted molar refractivity (Wildman–Crippen MR) is 107 cm³/mol. The van der Waals surface area contributed by atoms with E-state index in [9.17, 15) is 10.1 Å². The lowest BCUT2D eigenvalue weighted by molar-refractivity contribution is -0.132. The van der Waals surface area contributed by atoms with Crippen LogP contribution in [0, 0.1) is 11.3 Å². The Labute approximate surface area is 162 Å². The number of hydrogen-bond acceptors (Lipinski definition) is 3. The normalized spacial score (nSPS) is 16.1. The van der Waals surface area contributed by atoms with Crippen molar-refractivity contribution in [3.8, 4) is 6.07 Å². The van der Waals surface area contributed by atoms with Crippen LogP contribution in [0.1, 0.15) is 42.5 Å². The average Bonchev–Trinajstić information content (AvgIpc) is 2.70. The van der Waals surface area contributed by atoms with Gasteiger partial charge in [-0.25, -0.2) is 0 Å². The van der Waals surface area contributed by atoms with E-state index < -0.39 is 0 Å². The molecule has 0 radical (unpaired) electrons. The van der Waals surface area contributed by atoms with Gasteiger partial charge in [0.1, 0.15) is 6.04 Å². The van der Waals surface area contributed by atoms with E-state index in [-0.39, 0.29) is 11.9 Å². The molecule has 1 unspecified atom stereocenters. The number of nitrogens with zero attached hydrogens (tertiary/aromatic N) is 3. The lowest BCUT2D eigenvalue weighted by Crippen LogP contribution is -2.49. The van der Waals surface area contributed by atoms with Gasteiger partial charge in [0.2, 0.25) is 5.91 Å². The quantitative estimate of drug-likeness (QED) is 0.815. The first-order chi connectivity index (χ1) is 13.1. The van der Waals surface area contributed by atoms with Gasteiger partial charge in [0.15, 0.2) is 0 Å². The molecule has 1 atom stereocenters. The van der Waals surface area contributed by atoms with Crippen molar-refractivity contribution in [2.24, 2.45) is 0 Å². The van der Waals surface area contributed by atoms with Crippen LogP contribution in [-0.2, 0) is 11.2 Å². The Balaban J connectivity index is 1.58. The monoisotopic (exact) mass is 361 g/mol. The Kier molecular flexibility index (Phi) is 6.26. The minimum atomic E-state index is -0.252. The van der Waals surface area contributed by atoms with Gasteiger partial charge >= 0.3 is 0 Å². The van der Waals surface area contributed by atoms with Crippen LogP contribution >= 0.6 is 0 Å². The van der Waals surface area contributed by atoms with Crippen molar-refractivity contribution in [3.63, 3.8) is 0 Å². The van der Waals surface area contributed by atoms with E-state index in [1.807, 2.05) is 35.2 Å². The fraction of sp³-hybridized carbons (Fsp3) is 0.391. The number of rotatable bonds is 5. The van der Waals surface area contributed by atoms with Crippen LogP contribution in [0.25, 0.3) is 0 Å². The number of amides is 1. The third-order valence-electron chi connectivity index (χ3n) is 5.27. The molecule has 1 aliphatic heterocycles. The van der Waals surface area contributed by atoms with E-state index in [0.717, 1.165) is 24.2 Å². The largest absolute Gasteiger partial charge is 0.340 e. The van der Waals surface area contributed by atoms with Crippen LogP contribution in [0.15, 0.2) is 54.6 Å². The number of nitriles is 1. The van der Waals surface area contributed by atoms with Crippen LogP contribution in [0.2, 0.25) is 0 Å². The molecule has 4 nitrogen and oxygen atoms in total. The Morgan fingerprint density at radius 1 is 0.963 bits per heavy atom. The number of carbonyl (C=O) groups is 1. The Hall–Kier alpha value is -2.64. The SMILES string of the molecule is CC(C)c1ccc(C(C#N)N2CCN(C(=O)Cc3ccccc3)CC2)cc1. The van der Waals surface area contributed by atoms with Gasteiger partial charge in [0.05, 0.1) is 12.5 Å². The minimum Gasteiger partial charge on any atom is -0.340 e. The summed E-state index contributed by atoms with van der Waals surface area (Å²) in [4.78, 5) is 16.6. The van der Waals surface area contributed by atoms with Crippen LogP contribution in [0.5, 0.6) is 0 Å². The average molecular weight is 361 g/mol. The first-order valence-electron chi connectivity index (χ1n) is 9.63. The molecule has 0 aromatic heterocycles. The summed E-state index contributed by atoms with van der Waals surface area (Å²) < 4.78 is 0. The molecule has 0 aliphatic carbocycles. The summed E-state index contributed by atoms with van der Waals surface area (Å²) in [5, 5.41) is 9.71. The third-order valence-corrected chi connectivity index (χ3v) is 5.27. The highest BCUT2D eigenvalue weighted by Crippen LogP contribution is 2.24. The van der Waals surface area contributed by atoms with Crippen molar-refractivity contribution in [2.75, 3.05) is 26.2 Å². The molecular weight excluding hydrogens is 334 g/mol. The maximum atomic E-state index is 12.5. The van der Waals surface area contributed by atoms with Crippen molar-refractivity contribution < 1.29 is 4.79 Å². The molecule has 27 heavy (non-hydrogen) atoms. The van der Waals surface area contributed by atoms with Crippen molar-refractivity contribution in [2.45, 2.75) is 32.2 Å². The molecule has 4 heteroatoms. The molecule has 0 N–H and O–H groups in total. The van der Waals surface area contributed by atoms with Gasteiger partial charge in [-0.1, -0.05) is 68.4 Å². The van der Waals surface area contributed by atoms with Crippen molar-refractivity contribution in [1.82, 2.24) is 9.80 Å². The number of benzene rings is 2. The summed E-state index contributed by atoms with van der Waals surface area (Å²) >= 11 is 0. The summed E-state index contributed by atoms with van der Waals surface area (Å²) in [6.07, 6.45) is 0.444. The predicted octanol–water partition coefficient (Wildman–Crippen LogP) is 3.76. The summed E-state index contributed by atoms with van der Waals surface area (Å²) in [5.74, 6) is 0.648. The first kappa shape index (κ1) is 19.1. The molecule has 1 saturated heterocycles. The Morgan fingerprint density at radius 2 is 1.56 bits per heavy atom. The van der Waals surface area contributed by atoms with Gasteiger partial charge in [0.25, 0.3) is 0 Å². The molecule has 1 amide bonds. The molecule has 1 aliphatic rings. The van der Waals surface area contributed by atoms with E-state index in [1.54, 1.807) is 0 Å². The molecular formula is C23H27N3O. The summed E-state index contributed by atoms with van der Waals surface area (Å²) in [7, 11) is 0. The second-order valence-corrected chi connectivity index (χ2v) is 7.43. The highest BCUT2D eigenvalue weighted by molar-refractivity contribution is 5.78. The zero-order chi connectivity index (χ0) is 19.2. The lowest BCUT2D eigenvalue weighted by atomic mass is 9.98. The topological polar surface area (TPSA) is 47.3 Å². The standard InChI is InChI=1S/C23H27N3O/c1-18(2)20-8-10-21(11-9-20)22(17-24)25-12-14-26(15-13-25)23(27)16-19-6-4-3-5-7-19/h3-11,18,22H,12-16H2,1-2H3. The second kappa shape index (κ2) is 8.83. The summed E-state index contributed by atoms with van der Waals surface area (Å²) in [5.41, 5.74) is 3.36. The Morgan fingerprint density at radius 3 is 2.11 bits per heavy atom. The molecule has 1 fully saturated rings. The molecule has 2 aromatic carbocycles. The van der Waals surface area contributed by atoms with Crippen LogP contribution in [0.4, 0.5) is 0 Å². The van der Waals surface area contributed by atoms with Gasteiger partial charge in [0, 0.05) is 26.2 Å². The van der Waals surface area contributed by atoms with E-state index >= 15 is 0 Å². The number of carbonyl (C=O) groups excluding carboxylic acids is 1. The van der Waals surface area contributed by atoms with E-state index in [4.69, 9.17) is 0 Å². The molecule has 0 spiro atoms. The fourth-order valence-electron chi connectivity index (χ4n) is 3.54. The van der Waals surface area contributed by atoms with E-state index in [0.29, 0.717) is 25.4 Å². The second-order valence-electron chi connectivity index (χ2n) is 7.43. The molecule has 2 aromatic rings. The summed E-state index contributed by atoms with van der Waals surface area (Å²) in [6.45, 7) is 7.14. The maximum absolute atomic E-state index is 12.5. The number of hydrogen-bond donors (Lipinski definition) is 0. The molecule has 1 heterocycles. The van der Waals surface area contributed by atoms with E-state index in [2.05, 4.69) is 49.1 Å². The van der Waals surface area contributed by atoms with E-state index in [1.165, 1.54) is 5.56 Å². The lowest BCUT2D eigenvalue weighted by Gasteiger charge is -2.37. The molecule has 0 saturated carbocycles. The van der Waals surface area contributed by atoms with Gasteiger partial charge in [-0.15, -0.1) is 0 Å². The third kappa shape index (κ3) is 4.75. The first-order valence-corrected chi connectivity index (χ1v) is 9.63. The van der Waals surface area contributed by atoms with Crippen LogP contribution in [-0.4, -0.2) is 41.9 Å². The van der Waals surface area contributed by atoms with Gasteiger partial charge < -0.3 is 4.90 Å². The smallest absolute Gasteiger partial charge is 0.227 e. The number of piperazine rings is 1.